The third kappa shape index (κ3) is 4.62. The fourth-order valence-electron chi connectivity index (χ4n) is 3.62. The molecule has 0 bridgehead atoms. The summed E-state index contributed by atoms with van der Waals surface area (Å²) in [5.74, 6) is -1.60. The number of oxime groups is 1. The van der Waals surface area contributed by atoms with Crippen molar-refractivity contribution in [2.75, 3.05) is 6.54 Å². The van der Waals surface area contributed by atoms with E-state index in [2.05, 4.69) is 39.0 Å². The number of benzene rings is 1. The van der Waals surface area contributed by atoms with E-state index in [0.29, 0.717) is 6.42 Å². The van der Waals surface area contributed by atoms with E-state index in [1.807, 2.05) is 30.3 Å². The van der Waals surface area contributed by atoms with E-state index < -0.39 is 38.1 Å². The summed E-state index contributed by atoms with van der Waals surface area (Å²) in [6, 6.07) is 9.44. The molecule has 0 aliphatic carbocycles. The van der Waals surface area contributed by atoms with Crippen LogP contribution in [0.3, 0.4) is 0 Å². The molecule has 3 atom stereocenters. The summed E-state index contributed by atoms with van der Waals surface area (Å²) >= 11 is 0. The van der Waals surface area contributed by atoms with Crippen molar-refractivity contribution in [3.8, 4) is 0 Å². The number of ether oxygens (including phenoxy) is 1. The Morgan fingerprint density at radius 2 is 1.94 bits per heavy atom. The van der Waals surface area contributed by atoms with Crippen molar-refractivity contribution in [2.45, 2.75) is 70.7 Å². The van der Waals surface area contributed by atoms with E-state index in [4.69, 9.17) is 14.0 Å². The monoisotopic (exact) mass is 448 g/mol. The molecule has 3 rings (SSSR count). The lowest BCUT2D eigenvalue weighted by molar-refractivity contribution is -0.129. The normalized spacial score (nSPS) is 26.0. The fourth-order valence-corrected chi connectivity index (χ4v) is 4.86. The van der Waals surface area contributed by atoms with Gasteiger partial charge < -0.3 is 19.1 Å². The summed E-state index contributed by atoms with van der Waals surface area (Å²) in [6.45, 7) is 12.7. The smallest absolute Gasteiger partial charge is 0.412 e. The molecule has 1 aromatic rings. The summed E-state index contributed by atoms with van der Waals surface area (Å²) in [5.41, 5.74) is -0.0915. The number of hydrogen-bond donors (Lipinski definition) is 1. The number of nitrogens with zero attached hydrogens (tertiary/aromatic N) is 2. The van der Waals surface area contributed by atoms with E-state index in [-0.39, 0.29) is 23.9 Å². The summed E-state index contributed by atoms with van der Waals surface area (Å²) in [7, 11) is -2.23. The highest BCUT2D eigenvalue weighted by Gasteiger charge is 2.59. The zero-order valence-corrected chi connectivity index (χ0v) is 20.0. The van der Waals surface area contributed by atoms with E-state index in [1.54, 1.807) is 6.92 Å². The van der Waals surface area contributed by atoms with Crippen LogP contribution < -0.4 is 0 Å². The average molecular weight is 449 g/mol. The van der Waals surface area contributed by atoms with Crippen LogP contribution >= 0.6 is 0 Å². The van der Waals surface area contributed by atoms with Crippen LogP contribution in [0.4, 0.5) is 4.79 Å². The Morgan fingerprint density at radius 1 is 1.29 bits per heavy atom. The Morgan fingerprint density at radius 3 is 2.48 bits per heavy atom. The molecule has 9 heteroatoms. The van der Waals surface area contributed by atoms with Gasteiger partial charge in [0.2, 0.25) is 0 Å². The number of carbonyl (C=O) groups excluding carboxylic acids is 1. The summed E-state index contributed by atoms with van der Waals surface area (Å²) in [4.78, 5) is 31.8. The SMILES string of the molecule is CC1C(C(=O)O)=NOC12CC(O[Si](C)(C)C(C)(C)C)N(C(=O)OCc1ccccc1)C2. The van der Waals surface area contributed by atoms with E-state index >= 15 is 0 Å². The first kappa shape index (κ1) is 23.3. The molecule has 3 unspecified atom stereocenters. The van der Waals surface area contributed by atoms with E-state index in [1.165, 1.54) is 4.90 Å². The molecule has 1 aromatic carbocycles. The van der Waals surface area contributed by atoms with Gasteiger partial charge in [-0.25, -0.2) is 9.59 Å². The first-order valence-corrected chi connectivity index (χ1v) is 13.4. The van der Waals surface area contributed by atoms with Gasteiger partial charge in [0.05, 0.1) is 12.5 Å². The molecule has 1 fully saturated rings. The average Bonchev–Trinajstić information content (AvgIpc) is 3.20. The zero-order chi connectivity index (χ0) is 23.0. The predicted molar refractivity (Wildman–Crippen MR) is 118 cm³/mol. The van der Waals surface area contributed by atoms with E-state index in [9.17, 15) is 14.7 Å². The van der Waals surface area contributed by atoms with Gasteiger partial charge in [-0.1, -0.05) is 63.2 Å². The molecule has 31 heavy (non-hydrogen) atoms. The summed E-state index contributed by atoms with van der Waals surface area (Å²) < 4.78 is 12.1. The molecule has 1 saturated heterocycles. The Bertz CT molecular complexity index is 867. The number of likely N-dealkylation sites (tertiary alicyclic amines) is 1. The van der Waals surface area contributed by atoms with Gasteiger partial charge in [0, 0.05) is 6.42 Å². The lowest BCUT2D eigenvalue weighted by Crippen LogP contribution is -2.49. The molecule has 1 spiro atoms. The van der Waals surface area contributed by atoms with Gasteiger partial charge in [0.25, 0.3) is 0 Å². The van der Waals surface area contributed by atoms with Crippen LogP contribution in [0.1, 0.15) is 39.7 Å². The maximum Gasteiger partial charge on any atom is 0.412 e. The van der Waals surface area contributed by atoms with E-state index in [0.717, 1.165) is 5.56 Å². The second-order valence-corrected chi connectivity index (χ2v) is 14.6. The minimum absolute atomic E-state index is 0.0365. The standard InChI is InChI=1S/C22H32N2O6Si/c1-15-18(19(25)26)23-30-22(15)12-17(29-31(5,6)21(2,3)4)24(14-22)20(27)28-13-16-10-8-7-9-11-16/h7-11,15,17H,12-14H2,1-6H3,(H,25,26). The number of carboxylic acid groups (broad SMARTS) is 1. The maximum atomic E-state index is 13.1. The topological polar surface area (TPSA) is 97.7 Å². The number of hydrogen-bond acceptors (Lipinski definition) is 6. The highest BCUT2D eigenvalue weighted by Crippen LogP contribution is 2.45. The molecule has 0 radical (unpaired) electrons. The second-order valence-electron chi connectivity index (χ2n) is 9.86. The largest absolute Gasteiger partial charge is 0.477 e. The van der Waals surface area contributed by atoms with Crippen molar-refractivity contribution >= 4 is 26.1 Å². The quantitative estimate of drug-likeness (QED) is 0.677. The van der Waals surface area contributed by atoms with Gasteiger partial charge in [-0.05, 0) is 23.7 Å². The maximum absolute atomic E-state index is 13.1. The minimum atomic E-state index is -2.23. The molecular formula is C22H32N2O6Si. The van der Waals surface area contributed by atoms with Crippen molar-refractivity contribution in [3.63, 3.8) is 0 Å². The number of amides is 1. The van der Waals surface area contributed by atoms with Gasteiger partial charge in [0.1, 0.15) is 12.8 Å². The van der Waals surface area contributed by atoms with Crippen LogP contribution in [-0.2, 0) is 25.4 Å². The summed E-state index contributed by atoms with van der Waals surface area (Å²) in [5, 5.41) is 13.2. The van der Waals surface area contributed by atoms with Gasteiger partial charge >= 0.3 is 12.1 Å². The zero-order valence-electron chi connectivity index (χ0n) is 19.0. The molecule has 0 aromatic heterocycles. The number of carboxylic acids is 1. The molecule has 0 saturated carbocycles. The molecule has 2 heterocycles. The lowest BCUT2D eigenvalue weighted by atomic mass is 9.85. The number of carbonyl (C=O) groups is 2. The van der Waals surface area contributed by atoms with Crippen LogP contribution in [0.15, 0.2) is 35.5 Å². The van der Waals surface area contributed by atoms with Crippen LogP contribution in [0.2, 0.25) is 18.1 Å². The Balaban J connectivity index is 1.81. The van der Waals surface area contributed by atoms with Gasteiger partial charge in [-0.2, -0.15) is 0 Å². The number of aliphatic carboxylic acids is 1. The Labute approximate surface area is 184 Å². The first-order valence-electron chi connectivity index (χ1n) is 10.5. The molecule has 1 amide bonds. The summed E-state index contributed by atoms with van der Waals surface area (Å²) in [6.07, 6.45) is -0.750. The highest BCUT2D eigenvalue weighted by molar-refractivity contribution is 6.74. The molecule has 170 valence electrons. The fraction of sp³-hybridized carbons (Fsp3) is 0.591. The van der Waals surface area contributed by atoms with Crippen molar-refractivity contribution in [1.29, 1.82) is 0 Å². The van der Waals surface area contributed by atoms with Crippen molar-refractivity contribution in [3.05, 3.63) is 35.9 Å². The first-order chi connectivity index (χ1) is 14.4. The molecule has 2 aliphatic rings. The molecular weight excluding hydrogens is 416 g/mol. The van der Waals surface area contributed by atoms with Crippen molar-refractivity contribution in [2.24, 2.45) is 11.1 Å². The Hall–Kier alpha value is -2.39. The number of rotatable bonds is 5. The minimum Gasteiger partial charge on any atom is -0.477 e. The van der Waals surface area contributed by atoms with Gasteiger partial charge in [-0.15, -0.1) is 0 Å². The lowest BCUT2D eigenvalue weighted by Gasteiger charge is -2.40. The van der Waals surface area contributed by atoms with Gasteiger partial charge in [0.15, 0.2) is 19.6 Å². The van der Waals surface area contributed by atoms with Crippen LogP contribution in [0.5, 0.6) is 0 Å². The molecule has 8 nitrogen and oxygen atoms in total. The highest BCUT2D eigenvalue weighted by atomic mass is 28.4. The van der Waals surface area contributed by atoms with Crippen molar-refractivity contribution in [1.82, 2.24) is 4.90 Å². The van der Waals surface area contributed by atoms with Crippen LogP contribution in [0, 0.1) is 5.92 Å². The van der Waals surface area contributed by atoms with Gasteiger partial charge in [-0.3, -0.25) is 4.90 Å². The predicted octanol–water partition coefficient (Wildman–Crippen LogP) is 4.22. The Kier molecular flexibility index (Phi) is 6.21. The van der Waals surface area contributed by atoms with Crippen LogP contribution in [0.25, 0.3) is 0 Å². The molecule has 1 N–H and O–H groups in total. The second kappa shape index (κ2) is 8.27. The third-order valence-corrected chi connectivity index (χ3v) is 11.2. The van der Waals surface area contributed by atoms with Crippen molar-refractivity contribution < 1.29 is 28.7 Å². The molecule has 2 aliphatic heterocycles. The van der Waals surface area contributed by atoms with Crippen LogP contribution in [-0.4, -0.2) is 54.5 Å². The third-order valence-electron chi connectivity index (χ3n) is 6.73.